The van der Waals surface area contributed by atoms with Gasteiger partial charge in [0.25, 0.3) is 0 Å². The second kappa shape index (κ2) is 6.41. The third-order valence-electron chi connectivity index (χ3n) is 5.71. The van der Waals surface area contributed by atoms with Crippen molar-refractivity contribution in [2.75, 3.05) is 0 Å². The van der Waals surface area contributed by atoms with Gasteiger partial charge in [-0.3, -0.25) is 0 Å². The van der Waals surface area contributed by atoms with E-state index >= 15 is 0 Å². The van der Waals surface area contributed by atoms with Gasteiger partial charge in [-0.1, -0.05) is 0 Å². The molecule has 34 heavy (non-hydrogen) atoms. The van der Waals surface area contributed by atoms with E-state index in [1.165, 1.54) is 0 Å². The van der Waals surface area contributed by atoms with Crippen LogP contribution < -0.4 is 10.6 Å². The van der Waals surface area contributed by atoms with Crippen molar-refractivity contribution in [1.29, 1.82) is 0 Å². The fraction of sp³-hybridized carbons (Fsp3) is 0.333. The monoisotopic (exact) mass is 526 g/mol. The summed E-state index contributed by atoms with van der Waals surface area (Å²) in [7, 11) is 5.89. The summed E-state index contributed by atoms with van der Waals surface area (Å²) >= 11 is 0. The van der Waals surface area contributed by atoms with Gasteiger partial charge in [0.15, 0.2) is 0 Å². The predicted octanol–water partition coefficient (Wildman–Crippen LogP) is 5.80. The van der Waals surface area contributed by atoms with E-state index in [0.717, 1.165) is 12.1 Å². The Morgan fingerprint density at radius 1 is 0.529 bits per heavy atom. The molecular weight excluding hydrogens is 518 g/mol. The summed E-state index contributed by atoms with van der Waals surface area (Å²) in [5.74, 6) is 0. The Morgan fingerprint density at radius 2 is 0.794 bits per heavy atom. The van der Waals surface area contributed by atoms with Gasteiger partial charge in [-0.25, -0.2) is 0 Å². The summed E-state index contributed by atoms with van der Waals surface area (Å²) in [5.41, 5.74) is -14.4. The van der Waals surface area contributed by atoms with Crippen molar-refractivity contribution in [3.63, 3.8) is 0 Å². The van der Waals surface area contributed by atoms with Crippen LogP contribution in [-0.4, -0.2) is 32.3 Å². The minimum atomic E-state index is -6.93. The summed E-state index contributed by atoms with van der Waals surface area (Å²) in [5, 5.41) is -2.79. The van der Waals surface area contributed by atoms with Crippen LogP contribution in [0.25, 0.3) is 0 Å². The van der Waals surface area contributed by atoms with Crippen LogP contribution in [-0.2, 0) is 20.2 Å². The SMILES string of the molecule is [B]P12(OC(C(F)(F)F)(C(F)(F)F)c3ccccc31)OC(C(F)(F)F)(C(F)(F)F)c1ccccc12. The van der Waals surface area contributed by atoms with Gasteiger partial charge >= 0.3 is 182 Å². The second-order valence-corrected chi connectivity index (χ2v) is 11.0. The maximum atomic E-state index is 14.1. The Morgan fingerprint density at radius 3 is 1.06 bits per heavy atom. The molecule has 0 fully saturated rings. The van der Waals surface area contributed by atoms with Crippen LogP contribution in [0.15, 0.2) is 48.5 Å². The van der Waals surface area contributed by atoms with Gasteiger partial charge in [-0.15, -0.1) is 0 Å². The van der Waals surface area contributed by atoms with E-state index in [-0.39, 0.29) is 12.1 Å². The van der Waals surface area contributed by atoms with Crippen LogP contribution in [0.2, 0.25) is 0 Å². The first kappa shape index (κ1) is 25.1. The zero-order chi connectivity index (χ0) is 25.8. The Kier molecular flexibility index (Phi) is 4.74. The van der Waals surface area contributed by atoms with E-state index in [1.807, 2.05) is 0 Å². The number of benzene rings is 2. The van der Waals surface area contributed by atoms with E-state index in [4.69, 9.17) is 7.57 Å². The van der Waals surface area contributed by atoms with Gasteiger partial charge in [0.05, 0.1) is 0 Å². The van der Waals surface area contributed by atoms with E-state index in [0.29, 0.717) is 24.3 Å². The van der Waals surface area contributed by atoms with E-state index < -0.39 is 64.6 Å². The summed E-state index contributed by atoms with van der Waals surface area (Å²) in [6.45, 7) is -6.93. The maximum absolute atomic E-state index is 14.1. The van der Waals surface area contributed by atoms with Crippen LogP contribution in [0.4, 0.5) is 52.7 Å². The minimum absolute atomic E-state index is 0.220. The van der Waals surface area contributed by atoms with Gasteiger partial charge in [0.2, 0.25) is 0 Å². The van der Waals surface area contributed by atoms with E-state index in [9.17, 15) is 52.7 Å². The van der Waals surface area contributed by atoms with Gasteiger partial charge in [-0.2, -0.15) is 0 Å². The molecule has 0 amide bonds. The first-order valence-corrected chi connectivity index (χ1v) is 11.0. The molecule has 0 unspecified atom stereocenters. The molecule has 2 aliphatic heterocycles. The Bertz CT molecular complexity index is 1050. The molecule has 2 aromatic rings. The first-order chi connectivity index (χ1) is 15.2. The predicted molar refractivity (Wildman–Crippen MR) is 94.6 cm³/mol. The Balaban J connectivity index is 2.22. The zero-order valence-corrected chi connectivity index (χ0v) is 16.9. The van der Waals surface area contributed by atoms with Crippen LogP contribution >= 0.6 is 6.94 Å². The molecule has 2 radical (unpaired) electrons. The van der Waals surface area contributed by atoms with Crippen LogP contribution in [0.3, 0.4) is 0 Å². The number of fused-ring (bicyclic) bond motifs is 4. The summed E-state index contributed by atoms with van der Waals surface area (Å²) in [6, 6.07) is 4.24. The fourth-order valence-electron chi connectivity index (χ4n) is 4.41. The molecule has 0 N–H and O–H groups in total. The molecule has 2 heterocycles. The van der Waals surface area contributed by atoms with Crippen molar-refractivity contribution >= 4 is 25.1 Å². The average Bonchev–Trinajstić information content (AvgIpc) is 3.08. The molecule has 0 atom stereocenters. The van der Waals surface area contributed by atoms with Crippen LogP contribution in [0.5, 0.6) is 0 Å². The third kappa shape index (κ3) is 2.63. The molecule has 2 aromatic carbocycles. The Hall–Kier alpha value is -1.99. The molecule has 2 nitrogen and oxygen atoms in total. The van der Waals surface area contributed by atoms with Crippen molar-refractivity contribution in [2.45, 2.75) is 35.9 Å². The number of alkyl halides is 12. The van der Waals surface area contributed by atoms with E-state index in [1.54, 1.807) is 0 Å². The summed E-state index contributed by atoms with van der Waals surface area (Å²) in [6.07, 6.45) is -25.7. The van der Waals surface area contributed by atoms with Gasteiger partial charge in [0, 0.05) is 0 Å². The molecule has 0 bridgehead atoms. The zero-order valence-electron chi connectivity index (χ0n) is 16.0. The first-order valence-electron chi connectivity index (χ1n) is 8.90. The number of halogens is 12. The molecule has 2 aliphatic rings. The second-order valence-electron chi connectivity index (χ2n) is 7.59. The topological polar surface area (TPSA) is 18.5 Å². The number of hydrogen-bond donors (Lipinski definition) is 0. The molecule has 0 saturated heterocycles. The molecular formula is C18H8BF12O2P. The third-order valence-corrected chi connectivity index (χ3v) is 9.59. The molecule has 1 spiro atoms. The van der Waals surface area contributed by atoms with Gasteiger partial charge < -0.3 is 0 Å². The number of hydrogen-bond acceptors (Lipinski definition) is 2. The molecule has 0 aliphatic carbocycles. The van der Waals surface area contributed by atoms with Gasteiger partial charge in [0.1, 0.15) is 0 Å². The molecule has 4 rings (SSSR count). The molecule has 184 valence electrons. The summed E-state index contributed by atoms with van der Waals surface area (Å²) < 4.78 is 177. The molecule has 16 heteroatoms. The quantitative estimate of drug-likeness (QED) is 0.246. The summed E-state index contributed by atoms with van der Waals surface area (Å²) in [4.78, 5) is 0. The molecule has 0 saturated carbocycles. The van der Waals surface area contributed by atoms with Crippen molar-refractivity contribution in [3.05, 3.63) is 59.7 Å². The average molecular weight is 526 g/mol. The van der Waals surface area contributed by atoms with E-state index in [2.05, 4.69) is 9.05 Å². The van der Waals surface area contributed by atoms with Crippen molar-refractivity contribution in [2.24, 2.45) is 0 Å². The standard InChI is InChI=1S/C18H8BF12O2P/c19-34(11-7-3-1-5-9(11)13(32-34,15(20,21)22)16(23,24)25)12-8-4-2-6-10(12)14(33-34,17(26,27)28)18(29,30)31/h1-8H. The van der Waals surface area contributed by atoms with Crippen LogP contribution in [0.1, 0.15) is 11.1 Å². The fourth-order valence-corrected chi connectivity index (χ4v) is 8.91. The van der Waals surface area contributed by atoms with Crippen molar-refractivity contribution < 1.29 is 61.7 Å². The van der Waals surface area contributed by atoms with Crippen molar-refractivity contribution in [1.82, 2.24) is 0 Å². The molecule has 0 aromatic heterocycles. The van der Waals surface area contributed by atoms with Gasteiger partial charge in [-0.05, 0) is 0 Å². The normalized spacial score (nSPS) is 23.7. The van der Waals surface area contributed by atoms with Crippen LogP contribution in [0, 0.1) is 0 Å². The number of rotatable bonds is 0. The van der Waals surface area contributed by atoms with Crippen molar-refractivity contribution in [3.8, 4) is 0 Å². The Labute approximate surface area is 183 Å².